The predicted molar refractivity (Wildman–Crippen MR) is 92.2 cm³/mol. The zero-order valence-corrected chi connectivity index (χ0v) is 13.9. The molecule has 0 saturated carbocycles. The molecule has 0 spiro atoms. The normalized spacial score (nSPS) is 12.2. The molecule has 0 aliphatic carbocycles. The van der Waals surface area contributed by atoms with Crippen molar-refractivity contribution < 1.29 is 9.90 Å². The van der Waals surface area contributed by atoms with Crippen molar-refractivity contribution in [3.05, 3.63) is 35.9 Å². The van der Waals surface area contributed by atoms with Gasteiger partial charge >= 0.3 is 5.97 Å². The Hall–Kier alpha value is -1.35. The number of hydrogen-bond donors (Lipinski definition) is 2. The summed E-state index contributed by atoms with van der Waals surface area (Å²) < 4.78 is 0. The first kappa shape index (κ1) is 18.7. The lowest BCUT2D eigenvalue weighted by atomic mass is 10.1. The molecule has 0 amide bonds. The molecule has 1 aromatic carbocycles. The van der Waals surface area contributed by atoms with Crippen molar-refractivity contribution in [3.63, 3.8) is 0 Å². The summed E-state index contributed by atoms with van der Waals surface area (Å²) in [6.45, 7) is 3.03. The van der Waals surface area contributed by atoms with Crippen LogP contribution in [-0.4, -0.2) is 23.7 Å². The minimum atomic E-state index is -0.761. The van der Waals surface area contributed by atoms with Gasteiger partial charge in [0, 0.05) is 0 Å². The van der Waals surface area contributed by atoms with Crippen LogP contribution in [0.25, 0.3) is 0 Å². The third kappa shape index (κ3) is 8.83. The van der Waals surface area contributed by atoms with Crippen LogP contribution < -0.4 is 5.32 Å². The number of carbonyl (C=O) groups is 1. The van der Waals surface area contributed by atoms with Gasteiger partial charge in [0.1, 0.15) is 6.04 Å². The molecule has 1 rings (SSSR count). The molecule has 1 atom stereocenters. The summed E-state index contributed by atoms with van der Waals surface area (Å²) in [6, 6.07) is 9.33. The van der Waals surface area contributed by atoms with E-state index in [-0.39, 0.29) is 0 Å². The van der Waals surface area contributed by atoms with Crippen LogP contribution in [0.5, 0.6) is 0 Å². The Morgan fingerprint density at radius 2 is 1.59 bits per heavy atom. The van der Waals surface area contributed by atoms with E-state index in [1.54, 1.807) is 0 Å². The topological polar surface area (TPSA) is 49.3 Å². The van der Waals surface area contributed by atoms with Crippen molar-refractivity contribution >= 4 is 5.97 Å². The van der Waals surface area contributed by atoms with Crippen LogP contribution >= 0.6 is 0 Å². The van der Waals surface area contributed by atoms with Crippen LogP contribution in [0.4, 0.5) is 0 Å². The van der Waals surface area contributed by atoms with Gasteiger partial charge in [0.2, 0.25) is 0 Å². The molecule has 0 heterocycles. The Morgan fingerprint density at radius 3 is 2.18 bits per heavy atom. The van der Waals surface area contributed by atoms with Gasteiger partial charge in [-0.1, -0.05) is 82.2 Å². The Balaban J connectivity index is 2.11. The molecule has 124 valence electrons. The average Bonchev–Trinajstić information content (AvgIpc) is 2.53. The van der Waals surface area contributed by atoms with E-state index in [9.17, 15) is 9.90 Å². The summed E-state index contributed by atoms with van der Waals surface area (Å²) >= 11 is 0. The standard InChI is InChI=1S/C19H31NO2/c1-2-3-4-5-6-7-8-12-15-20-18(19(21)22)16-17-13-10-9-11-14-17/h9-11,13-14,18,20H,2-8,12,15-16H2,1H3,(H,21,22). The van der Waals surface area contributed by atoms with Crippen molar-refractivity contribution in [2.24, 2.45) is 0 Å². The molecule has 3 heteroatoms. The van der Waals surface area contributed by atoms with Crippen LogP contribution in [0.15, 0.2) is 30.3 Å². The van der Waals surface area contributed by atoms with E-state index in [0.29, 0.717) is 6.42 Å². The molecule has 1 aromatic rings. The summed E-state index contributed by atoms with van der Waals surface area (Å²) in [4.78, 5) is 11.3. The molecule has 0 fully saturated rings. The van der Waals surface area contributed by atoms with Crippen LogP contribution in [0.1, 0.15) is 63.9 Å². The highest BCUT2D eigenvalue weighted by Crippen LogP contribution is 2.08. The Kier molecular flexibility index (Phi) is 10.4. The fraction of sp³-hybridized carbons (Fsp3) is 0.632. The monoisotopic (exact) mass is 305 g/mol. The first-order valence-corrected chi connectivity index (χ1v) is 8.74. The molecule has 0 saturated heterocycles. The Bertz CT molecular complexity index is 392. The first-order valence-electron chi connectivity index (χ1n) is 8.74. The third-order valence-electron chi connectivity index (χ3n) is 4.00. The number of rotatable bonds is 13. The van der Waals surface area contributed by atoms with E-state index in [1.165, 1.54) is 44.9 Å². The van der Waals surface area contributed by atoms with Crippen LogP contribution in [-0.2, 0) is 11.2 Å². The molecule has 0 aliphatic heterocycles. The molecular weight excluding hydrogens is 274 g/mol. The van der Waals surface area contributed by atoms with E-state index >= 15 is 0 Å². The van der Waals surface area contributed by atoms with Gasteiger partial charge in [0.15, 0.2) is 0 Å². The minimum absolute atomic E-state index is 0.480. The molecule has 0 bridgehead atoms. The quantitative estimate of drug-likeness (QED) is 0.531. The van der Waals surface area contributed by atoms with E-state index in [0.717, 1.165) is 18.5 Å². The molecular formula is C19H31NO2. The zero-order valence-electron chi connectivity index (χ0n) is 13.9. The fourth-order valence-corrected chi connectivity index (χ4v) is 2.63. The van der Waals surface area contributed by atoms with Gasteiger partial charge in [-0.25, -0.2) is 0 Å². The number of carboxylic acid groups (broad SMARTS) is 1. The molecule has 2 N–H and O–H groups in total. The lowest BCUT2D eigenvalue weighted by molar-refractivity contribution is -0.139. The largest absolute Gasteiger partial charge is 0.480 e. The number of hydrogen-bond acceptors (Lipinski definition) is 2. The third-order valence-corrected chi connectivity index (χ3v) is 4.00. The second-order valence-electron chi connectivity index (χ2n) is 6.01. The number of benzene rings is 1. The molecule has 0 radical (unpaired) electrons. The lowest BCUT2D eigenvalue weighted by Gasteiger charge is -2.14. The molecule has 0 aliphatic rings. The minimum Gasteiger partial charge on any atom is -0.480 e. The van der Waals surface area contributed by atoms with Gasteiger partial charge in [0.05, 0.1) is 0 Å². The SMILES string of the molecule is CCCCCCCCCCNC(Cc1ccccc1)C(=O)O. The van der Waals surface area contributed by atoms with Crippen molar-refractivity contribution in [2.45, 2.75) is 70.8 Å². The van der Waals surface area contributed by atoms with Gasteiger partial charge in [-0.15, -0.1) is 0 Å². The molecule has 22 heavy (non-hydrogen) atoms. The smallest absolute Gasteiger partial charge is 0.321 e. The fourth-order valence-electron chi connectivity index (χ4n) is 2.63. The second-order valence-corrected chi connectivity index (χ2v) is 6.01. The van der Waals surface area contributed by atoms with Gasteiger partial charge in [0.25, 0.3) is 0 Å². The zero-order chi connectivity index (χ0) is 16.0. The van der Waals surface area contributed by atoms with E-state index in [4.69, 9.17) is 0 Å². The maximum atomic E-state index is 11.3. The van der Waals surface area contributed by atoms with Crippen LogP contribution in [0, 0.1) is 0 Å². The summed E-state index contributed by atoms with van der Waals surface area (Å²) in [7, 11) is 0. The Labute approximate surface area is 135 Å². The highest BCUT2D eigenvalue weighted by molar-refractivity contribution is 5.73. The first-order chi connectivity index (χ1) is 10.7. The van der Waals surface area contributed by atoms with Crippen molar-refractivity contribution in [3.8, 4) is 0 Å². The molecule has 3 nitrogen and oxygen atoms in total. The van der Waals surface area contributed by atoms with Gasteiger partial charge in [-0.3, -0.25) is 4.79 Å². The lowest BCUT2D eigenvalue weighted by Crippen LogP contribution is -2.39. The summed E-state index contributed by atoms with van der Waals surface area (Å²) in [6.07, 6.45) is 10.7. The number of nitrogens with one attached hydrogen (secondary N) is 1. The van der Waals surface area contributed by atoms with Gasteiger partial charge in [-0.2, -0.15) is 0 Å². The number of unbranched alkanes of at least 4 members (excludes halogenated alkanes) is 7. The maximum absolute atomic E-state index is 11.3. The van der Waals surface area contributed by atoms with Crippen LogP contribution in [0.2, 0.25) is 0 Å². The molecule has 0 aromatic heterocycles. The maximum Gasteiger partial charge on any atom is 0.321 e. The molecule has 1 unspecified atom stereocenters. The average molecular weight is 305 g/mol. The summed E-state index contributed by atoms with van der Waals surface area (Å²) in [5, 5.41) is 12.5. The van der Waals surface area contributed by atoms with Crippen molar-refractivity contribution in [1.29, 1.82) is 0 Å². The Morgan fingerprint density at radius 1 is 1.00 bits per heavy atom. The van der Waals surface area contributed by atoms with Gasteiger partial charge < -0.3 is 10.4 Å². The van der Waals surface area contributed by atoms with E-state index in [1.807, 2.05) is 30.3 Å². The highest BCUT2D eigenvalue weighted by Gasteiger charge is 2.16. The predicted octanol–water partition coefficient (Wildman–Crippen LogP) is 4.41. The van der Waals surface area contributed by atoms with Gasteiger partial charge in [-0.05, 0) is 24.9 Å². The number of carboxylic acids is 1. The number of aliphatic carboxylic acids is 1. The van der Waals surface area contributed by atoms with Crippen molar-refractivity contribution in [1.82, 2.24) is 5.32 Å². The van der Waals surface area contributed by atoms with E-state index < -0.39 is 12.0 Å². The highest BCUT2D eigenvalue weighted by atomic mass is 16.4. The van der Waals surface area contributed by atoms with Crippen molar-refractivity contribution in [2.75, 3.05) is 6.54 Å². The summed E-state index contributed by atoms with van der Waals surface area (Å²) in [5.74, 6) is -0.761. The second kappa shape index (κ2) is 12.2. The van der Waals surface area contributed by atoms with Crippen LogP contribution in [0.3, 0.4) is 0 Å². The van der Waals surface area contributed by atoms with E-state index in [2.05, 4.69) is 12.2 Å². The summed E-state index contributed by atoms with van der Waals surface area (Å²) in [5.41, 5.74) is 1.07.